The fraction of sp³-hybridized carbons (Fsp3) is 0.500. The number of nitriles is 1. The smallest absolute Gasteiger partial charge is 0.124 e. The number of aromatic nitrogens is 1. The van der Waals surface area contributed by atoms with Gasteiger partial charge in [0.15, 0.2) is 0 Å². The molecule has 1 aromatic rings. The van der Waals surface area contributed by atoms with Crippen molar-refractivity contribution < 1.29 is 4.52 Å². The molecule has 0 saturated heterocycles. The minimum atomic E-state index is 0.603. The van der Waals surface area contributed by atoms with Gasteiger partial charge in [-0.1, -0.05) is 5.16 Å². The molecule has 0 aliphatic carbocycles. The highest BCUT2D eigenvalue weighted by Crippen LogP contribution is 1.93. The van der Waals surface area contributed by atoms with Crippen LogP contribution in [-0.2, 0) is 6.54 Å². The van der Waals surface area contributed by atoms with E-state index in [0.29, 0.717) is 13.0 Å². The van der Waals surface area contributed by atoms with Gasteiger partial charge in [0.05, 0.1) is 11.8 Å². The average Bonchev–Trinajstić information content (AvgIpc) is 2.57. The average molecular weight is 165 g/mol. The summed E-state index contributed by atoms with van der Waals surface area (Å²) in [4.78, 5) is 0. The van der Waals surface area contributed by atoms with Gasteiger partial charge in [-0.05, 0) is 13.0 Å². The van der Waals surface area contributed by atoms with E-state index in [0.717, 1.165) is 18.7 Å². The SMILES string of the molecule is N#CCCCNCc1ccon1. The van der Waals surface area contributed by atoms with Crippen LogP contribution in [0.15, 0.2) is 16.9 Å². The van der Waals surface area contributed by atoms with Gasteiger partial charge >= 0.3 is 0 Å². The maximum atomic E-state index is 8.24. The summed E-state index contributed by atoms with van der Waals surface area (Å²) in [6, 6.07) is 3.90. The Labute approximate surface area is 71.2 Å². The summed E-state index contributed by atoms with van der Waals surface area (Å²) < 4.78 is 4.65. The topological polar surface area (TPSA) is 61.9 Å². The van der Waals surface area contributed by atoms with Crippen LogP contribution in [0, 0.1) is 11.3 Å². The van der Waals surface area contributed by atoms with E-state index in [1.54, 1.807) is 6.26 Å². The highest BCUT2D eigenvalue weighted by Gasteiger charge is 1.93. The van der Waals surface area contributed by atoms with Crippen molar-refractivity contribution in [1.29, 1.82) is 5.26 Å². The van der Waals surface area contributed by atoms with Crippen molar-refractivity contribution in [1.82, 2.24) is 10.5 Å². The Kier molecular flexibility index (Phi) is 3.89. The molecule has 0 spiro atoms. The fourth-order valence-corrected chi connectivity index (χ4v) is 0.838. The molecule has 0 saturated carbocycles. The van der Waals surface area contributed by atoms with E-state index in [2.05, 4.69) is 21.1 Å². The molecule has 0 radical (unpaired) electrons. The Morgan fingerprint density at radius 2 is 2.58 bits per heavy atom. The highest BCUT2D eigenvalue weighted by molar-refractivity contribution is 4.93. The number of nitrogens with one attached hydrogen (secondary N) is 1. The highest BCUT2D eigenvalue weighted by atomic mass is 16.5. The first kappa shape index (κ1) is 8.75. The lowest BCUT2D eigenvalue weighted by Gasteiger charge is -1.97. The van der Waals surface area contributed by atoms with E-state index in [1.807, 2.05) is 6.07 Å². The van der Waals surface area contributed by atoms with Gasteiger partial charge in [-0.3, -0.25) is 0 Å². The quantitative estimate of drug-likeness (QED) is 0.663. The molecule has 0 aromatic carbocycles. The first-order chi connectivity index (χ1) is 5.93. The summed E-state index contributed by atoms with van der Waals surface area (Å²) in [6.07, 6.45) is 3.03. The summed E-state index contributed by atoms with van der Waals surface area (Å²) in [7, 11) is 0. The molecule has 0 unspecified atom stereocenters. The lowest BCUT2D eigenvalue weighted by Crippen LogP contribution is -2.14. The van der Waals surface area contributed by atoms with E-state index in [1.165, 1.54) is 0 Å². The second-order valence-corrected chi connectivity index (χ2v) is 2.43. The Morgan fingerprint density at radius 3 is 3.25 bits per heavy atom. The predicted octanol–water partition coefficient (Wildman–Crippen LogP) is 1.07. The molecular weight excluding hydrogens is 154 g/mol. The molecule has 1 heterocycles. The van der Waals surface area contributed by atoms with Crippen molar-refractivity contribution in [3.8, 4) is 6.07 Å². The van der Waals surface area contributed by atoms with Gasteiger partial charge in [-0.25, -0.2) is 0 Å². The normalized spacial score (nSPS) is 9.58. The monoisotopic (exact) mass is 165 g/mol. The number of nitrogens with zero attached hydrogens (tertiary/aromatic N) is 2. The molecule has 0 amide bonds. The van der Waals surface area contributed by atoms with E-state index < -0.39 is 0 Å². The summed E-state index contributed by atoms with van der Waals surface area (Å²) in [6.45, 7) is 1.56. The van der Waals surface area contributed by atoms with Crippen molar-refractivity contribution in [2.45, 2.75) is 19.4 Å². The second kappa shape index (κ2) is 5.33. The predicted molar refractivity (Wildman–Crippen MR) is 43.1 cm³/mol. The fourth-order valence-electron chi connectivity index (χ4n) is 0.838. The van der Waals surface area contributed by atoms with Crippen LogP contribution in [0.2, 0.25) is 0 Å². The summed E-state index contributed by atoms with van der Waals surface area (Å²) in [5.41, 5.74) is 0.895. The Hall–Kier alpha value is -1.34. The zero-order chi connectivity index (χ0) is 8.65. The molecule has 1 N–H and O–H groups in total. The minimum Gasteiger partial charge on any atom is -0.364 e. The summed E-state index contributed by atoms with van der Waals surface area (Å²) in [5, 5.41) is 15.1. The van der Waals surface area contributed by atoms with Gasteiger partial charge in [0.1, 0.15) is 6.26 Å². The van der Waals surface area contributed by atoms with Crippen LogP contribution in [0.3, 0.4) is 0 Å². The van der Waals surface area contributed by atoms with Crippen LogP contribution in [0.4, 0.5) is 0 Å². The van der Waals surface area contributed by atoms with E-state index in [9.17, 15) is 0 Å². The molecule has 0 aliphatic heterocycles. The minimum absolute atomic E-state index is 0.603. The van der Waals surface area contributed by atoms with Crippen LogP contribution in [-0.4, -0.2) is 11.7 Å². The largest absolute Gasteiger partial charge is 0.364 e. The van der Waals surface area contributed by atoms with Crippen LogP contribution in [0.5, 0.6) is 0 Å². The maximum Gasteiger partial charge on any atom is 0.124 e. The zero-order valence-corrected chi connectivity index (χ0v) is 6.79. The molecule has 64 valence electrons. The standard InChI is InChI=1S/C8H11N3O/c9-4-1-2-5-10-7-8-3-6-12-11-8/h3,6,10H,1-2,5,7H2. The molecule has 1 rings (SSSR count). The Morgan fingerprint density at radius 1 is 1.67 bits per heavy atom. The number of rotatable bonds is 5. The van der Waals surface area contributed by atoms with Crippen molar-refractivity contribution in [2.24, 2.45) is 0 Å². The maximum absolute atomic E-state index is 8.24. The molecule has 1 aromatic heterocycles. The molecule has 4 heteroatoms. The van der Waals surface area contributed by atoms with Crippen LogP contribution >= 0.6 is 0 Å². The third-order valence-electron chi connectivity index (χ3n) is 1.44. The van der Waals surface area contributed by atoms with Gasteiger partial charge in [0.2, 0.25) is 0 Å². The van der Waals surface area contributed by atoms with Crippen molar-refractivity contribution in [3.05, 3.63) is 18.0 Å². The Bertz CT molecular complexity index is 237. The Balaban J connectivity index is 2.01. The molecular formula is C8H11N3O. The number of hydrogen-bond acceptors (Lipinski definition) is 4. The van der Waals surface area contributed by atoms with Gasteiger partial charge < -0.3 is 9.84 Å². The first-order valence-corrected chi connectivity index (χ1v) is 3.90. The second-order valence-electron chi connectivity index (χ2n) is 2.43. The molecule has 0 fully saturated rings. The van der Waals surface area contributed by atoms with E-state index in [-0.39, 0.29) is 0 Å². The molecule has 0 bridgehead atoms. The number of hydrogen-bond donors (Lipinski definition) is 1. The molecule has 12 heavy (non-hydrogen) atoms. The molecule has 4 nitrogen and oxygen atoms in total. The third-order valence-corrected chi connectivity index (χ3v) is 1.44. The van der Waals surface area contributed by atoms with Gasteiger partial charge in [-0.2, -0.15) is 5.26 Å². The van der Waals surface area contributed by atoms with Gasteiger partial charge in [0.25, 0.3) is 0 Å². The van der Waals surface area contributed by atoms with Crippen LogP contribution in [0.1, 0.15) is 18.5 Å². The van der Waals surface area contributed by atoms with E-state index >= 15 is 0 Å². The van der Waals surface area contributed by atoms with Gasteiger partial charge in [-0.15, -0.1) is 0 Å². The summed E-state index contributed by atoms with van der Waals surface area (Å²) in [5.74, 6) is 0. The molecule has 0 atom stereocenters. The van der Waals surface area contributed by atoms with Crippen molar-refractivity contribution in [3.63, 3.8) is 0 Å². The zero-order valence-electron chi connectivity index (χ0n) is 6.79. The lowest BCUT2D eigenvalue weighted by molar-refractivity contribution is 0.408. The van der Waals surface area contributed by atoms with E-state index in [4.69, 9.17) is 5.26 Å². The number of unbranched alkanes of at least 4 members (excludes halogenated alkanes) is 1. The van der Waals surface area contributed by atoms with Crippen molar-refractivity contribution >= 4 is 0 Å². The van der Waals surface area contributed by atoms with Crippen molar-refractivity contribution in [2.75, 3.05) is 6.54 Å². The van der Waals surface area contributed by atoms with Crippen LogP contribution in [0.25, 0.3) is 0 Å². The first-order valence-electron chi connectivity index (χ1n) is 3.90. The summed E-state index contributed by atoms with van der Waals surface area (Å²) >= 11 is 0. The third kappa shape index (κ3) is 3.17. The van der Waals surface area contributed by atoms with Gasteiger partial charge in [0, 0.05) is 19.0 Å². The molecule has 0 aliphatic rings. The lowest BCUT2D eigenvalue weighted by atomic mass is 10.3. The van der Waals surface area contributed by atoms with Crippen LogP contribution < -0.4 is 5.32 Å².